The van der Waals surface area contributed by atoms with Crippen molar-refractivity contribution in [1.29, 1.82) is 0 Å². The van der Waals surface area contributed by atoms with Crippen molar-refractivity contribution in [2.45, 2.75) is 32.2 Å². The summed E-state index contributed by atoms with van der Waals surface area (Å²) < 4.78 is 21.1. The van der Waals surface area contributed by atoms with Crippen molar-refractivity contribution in [2.75, 3.05) is 12.4 Å². The molecule has 1 aliphatic heterocycles. The van der Waals surface area contributed by atoms with Gasteiger partial charge in [-0.15, -0.1) is 0 Å². The summed E-state index contributed by atoms with van der Waals surface area (Å²) in [5, 5.41) is 7.17. The number of rotatable bonds is 3. The topological polar surface area (TPSA) is 56.1 Å². The Morgan fingerprint density at radius 2 is 2.18 bits per heavy atom. The molecule has 0 spiro atoms. The monoisotopic (exact) mass is 303 g/mol. The molecule has 0 saturated carbocycles. The predicted molar refractivity (Wildman–Crippen MR) is 80.7 cm³/mol. The van der Waals surface area contributed by atoms with Crippen LogP contribution in [0.2, 0.25) is 0 Å². The predicted octanol–water partition coefficient (Wildman–Crippen LogP) is 3.09. The lowest BCUT2D eigenvalue weighted by Gasteiger charge is -2.25. The van der Waals surface area contributed by atoms with Gasteiger partial charge in [-0.2, -0.15) is 5.10 Å². The Bertz CT molecular complexity index is 724. The van der Waals surface area contributed by atoms with Gasteiger partial charge in [0.15, 0.2) is 0 Å². The summed E-state index contributed by atoms with van der Waals surface area (Å²) in [6, 6.07) is 4.84. The molecule has 0 aliphatic carbocycles. The Morgan fingerprint density at radius 3 is 2.82 bits per heavy atom. The summed E-state index contributed by atoms with van der Waals surface area (Å²) in [5.41, 5.74) is 1.33. The maximum Gasteiger partial charge on any atom is 0.226 e. The van der Waals surface area contributed by atoms with E-state index in [-0.39, 0.29) is 30.1 Å². The Morgan fingerprint density at radius 1 is 1.41 bits per heavy atom. The molecule has 3 rings (SSSR count). The van der Waals surface area contributed by atoms with Crippen molar-refractivity contribution in [3.63, 3.8) is 0 Å². The molecule has 0 fully saturated rings. The van der Waals surface area contributed by atoms with Gasteiger partial charge in [-0.25, -0.2) is 9.07 Å². The molecule has 0 saturated heterocycles. The number of hydrogen-bond acceptors (Lipinski definition) is 3. The average molecular weight is 303 g/mol. The number of aromatic nitrogens is 2. The maximum atomic E-state index is 14.4. The third-order valence-electron chi connectivity index (χ3n) is 3.92. The van der Waals surface area contributed by atoms with E-state index in [1.165, 1.54) is 13.2 Å². The molecule has 22 heavy (non-hydrogen) atoms. The van der Waals surface area contributed by atoms with Crippen LogP contribution in [0.5, 0.6) is 5.75 Å². The minimum Gasteiger partial charge on any atom is -0.497 e. The number of halogens is 1. The molecule has 2 aromatic rings. The Balaban J connectivity index is 2.08. The van der Waals surface area contributed by atoms with Crippen LogP contribution in [0.4, 0.5) is 10.2 Å². The fourth-order valence-corrected chi connectivity index (χ4v) is 2.82. The van der Waals surface area contributed by atoms with Crippen molar-refractivity contribution in [1.82, 2.24) is 9.78 Å². The zero-order valence-corrected chi connectivity index (χ0v) is 12.8. The van der Waals surface area contributed by atoms with Crippen LogP contribution in [-0.2, 0) is 4.79 Å². The minimum atomic E-state index is -0.373. The molecular weight excluding hydrogens is 285 g/mol. The second-order valence-electron chi connectivity index (χ2n) is 5.68. The number of nitrogens with one attached hydrogen (secondary N) is 1. The lowest BCUT2D eigenvalue weighted by molar-refractivity contribution is -0.116. The average Bonchev–Trinajstić information content (AvgIpc) is 2.90. The molecule has 1 atom stereocenters. The van der Waals surface area contributed by atoms with Crippen molar-refractivity contribution < 1.29 is 13.9 Å². The summed E-state index contributed by atoms with van der Waals surface area (Å²) in [5.74, 6) is 0.283. The van der Waals surface area contributed by atoms with Crippen LogP contribution in [0.15, 0.2) is 24.4 Å². The molecule has 5 nitrogen and oxygen atoms in total. The van der Waals surface area contributed by atoms with E-state index < -0.39 is 0 Å². The van der Waals surface area contributed by atoms with Crippen LogP contribution in [0.1, 0.15) is 43.4 Å². The van der Waals surface area contributed by atoms with Gasteiger partial charge in [0.05, 0.1) is 13.3 Å². The van der Waals surface area contributed by atoms with Gasteiger partial charge in [0.2, 0.25) is 5.91 Å². The highest BCUT2D eigenvalue weighted by Gasteiger charge is 2.32. The van der Waals surface area contributed by atoms with Crippen LogP contribution in [0.3, 0.4) is 0 Å². The highest BCUT2D eigenvalue weighted by Crippen LogP contribution is 2.39. The molecule has 1 aromatic carbocycles. The second-order valence-corrected chi connectivity index (χ2v) is 5.68. The van der Waals surface area contributed by atoms with Gasteiger partial charge in [0.1, 0.15) is 17.4 Å². The molecule has 116 valence electrons. The van der Waals surface area contributed by atoms with Crippen LogP contribution in [0.25, 0.3) is 0 Å². The highest BCUT2D eigenvalue weighted by atomic mass is 19.1. The van der Waals surface area contributed by atoms with Crippen LogP contribution < -0.4 is 10.1 Å². The van der Waals surface area contributed by atoms with E-state index in [9.17, 15) is 9.18 Å². The summed E-state index contributed by atoms with van der Waals surface area (Å²) in [6.07, 6.45) is 1.92. The van der Waals surface area contributed by atoms with Crippen molar-refractivity contribution in [2.24, 2.45) is 0 Å². The molecule has 1 aliphatic rings. The van der Waals surface area contributed by atoms with E-state index in [2.05, 4.69) is 10.4 Å². The van der Waals surface area contributed by atoms with E-state index >= 15 is 0 Å². The number of fused-ring (bicyclic) bond motifs is 1. The standard InChI is InChI=1S/C16H18FN3O2/c1-9(2)20-16-13(8-18-20)12(7-15(21)19-16)11-5-4-10(22-3)6-14(11)17/h4-6,8-9,12H,7H2,1-3H3,(H,19,21)/t12-/m0/s1. The molecule has 1 aromatic heterocycles. The van der Waals surface area contributed by atoms with Crippen LogP contribution >= 0.6 is 0 Å². The van der Waals surface area contributed by atoms with E-state index in [4.69, 9.17) is 4.74 Å². The highest BCUT2D eigenvalue weighted by molar-refractivity contribution is 5.94. The first kappa shape index (κ1) is 14.6. The number of hydrogen-bond donors (Lipinski definition) is 1. The molecule has 1 N–H and O–H groups in total. The van der Waals surface area contributed by atoms with Crippen molar-refractivity contribution >= 4 is 11.7 Å². The number of anilines is 1. The zero-order valence-electron chi connectivity index (χ0n) is 12.8. The Labute approximate surface area is 128 Å². The Kier molecular flexibility index (Phi) is 3.60. The summed E-state index contributed by atoms with van der Waals surface area (Å²) in [7, 11) is 1.49. The first-order chi connectivity index (χ1) is 10.5. The molecular formula is C16H18FN3O2. The Hall–Kier alpha value is -2.37. The maximum absolute atomic E-state index is 14.4. The quantitative estimate of drug-likeness (QED) is 0.948. The van der Waals surface area contributed by atoms with Gasteiger partial charge in [-0.05, 0) is 25.5 Å². The number of carbonyl (C=O) groups excluding carboxylic acids is 1. The number of amides is 1. The number of ether oxygens (including phenoxy) is 1. The molecule has 0 unspecified atom stereocenters. The third-order valence-corrected chi connectivity index (χ3v) is 3.92. The number of carbonyl (C=O) groups is 1. The van der Waals surface area contributed by atoms with Gasteiger partial charge < -0.3 is 10.1 Å². The molecule has 1 amide bonds. The van der Waals surface area contributed by atoms with Crippen LogP contribution in [0, 0.1) is 5.82 Å². The smallest absolute Gasteiger partial charge is 0.226 e. The lowest BCUT2D eigenvalue weighted by Crippen LogP contribution is -2.25. The van der Waals surface area contributed by atoms with E-state index in [0.717, 1.165) is 5.56 Å². The third kappa shape index (κ3) is 2.34. The largest absolute Gasteiger partial charge is 0.497 e. The molecule has 0 bridgehead atoms. The normalized spacial score (nSPS) is 17.3. The fourth-order valence-electron chi connectivity index (χ4n) is 2.82. The SMILES string of the molecule is COc1ccc([C@@H]2CC(=O)Nc3c2cnn3C(C)C)c(F)c1. The van der Waals surface area contributed by atoms with Crippen molar-refractivity contribution in [3.8, 4) is 5.75 Å². The van der Waals surface area contributed by atoms with Gasteiger partial charge in [0.25, 0.3) is 0 Å². The van der Waals surface area contributed by atoms with Gasteiger partial charge in [0, 0.05) is 30.0 Å². The van der Waals surface area contributed by atoms with Crippen LogP contribution in [-0.4, -0.2) is 22.8 Å². The number of benzene rings is 1. The summed E-state index contributed by atoms with van der Waals surface area (Å²) in [6.45, 7) is 3.97. The van der Waals surface area contributed by atoms with Gasteiger partial charge in [-0.3, -0.25) is 4.79 Å². The van der Waals surface area contributed by atoms with Gasteiger partial charge in [-0.1, -0.05) is 6.07 Å². The molecule has 6 heteroatoms. The summed E-state index contributed by atoms with van der Waals surface area (Å²) >= 11 is 0. The lowest BCUT2D eigenvalue weighted by atomic mass is 9.87. The van der Waals surface area contributed by atoms with Crippen molar-refractivity contribution in [3.05, 3.63) is 41.3 Å². The molecule has 2 heterocycles. The second kappa shape index (κ2) is 5.44. The van der Waals surface area contributed by atoms with E-state index in [1.807, 2.05) is 13.8 Å². The van der Waals surface area contributed by atoms with E-state index in [0.29, 0.717) is 17.1 Å². The summed E-state index contributed by atoms with van der Waals surface area (Å²) in [4.78, 5) is 12.0. The molecule has 0 radical (unpaired) electrons. The first-order valence-electron chi connectivity index (χ1n) is 7.22. The van der Waals surface area contributed by atoms with Gasteiger partial charge >= 0.3 is 0 Å². The number of methoxy groups -OCH3 is 1. The zero-order chi connectivity index (χ0) is 15.9. The number of nitrogens with zero attached hydrogens (tertiary/aromatic N) is 2. The first-order valence-corrected chi connectivity index (χ1v) is 7.22. The fraction of sp³-hybridized carbons (Fsp3) is 0.375. The van der Waals surface area contributed by atoms with E-state index in [1.54, 1.807) is 23.0 Å². The minimum absolute atomic E-state index is 0.114.